The molecule has 1 atom stereocenters. The second-order valence-corrected chi connectivity index (χ2v) is 6.55. The van der Waals surface area contributed by atoms with Crippen molar-refractivity contribution in [2.24, 2.45) is 11.8 Å². The topological polar surface area (TPSA) is 60.9 Å². The molecule has 2 fully saturated rings. The minimum absolute atomic E-state index is 0.239. The lowest BCUT2D eigenvalue weighted by molar-refractivity contribution is -0.142. The van der Waals surface area contributed by atoms with Crippen LogP contribution in [0, 0.1) is 11.8 Å². The predicted molar refractivity (Wildman–Crippen MR) is 81.0 cm³/mol. The summed E-state index contributed by atoms with van der Waals surface area (Å²) >= 11 is 0. The molecule has 120 valence electrons. The summed E-state index contributed by atoms with van der Waals surface area (Å²) in [4.78, 5) is 27.7. The highest BCUT2D eigenvalue weighted by molar-refractivity contribution is 5.79. The van der Waals surface area contributed by atoms with Gasteiger partial charge in [0, 0.05) is 32.1 Å². The van der Waals surface area contributed by atoms with E-state index < -0.39 is 5.97 Å². The van der Waals surface area contributed by atoms with Crippen LogP contribution in [-0.2, 0) is 9.59 Å². The number of carbonyl (C=O) groups is 2. The highest BCUT2D eigenvalue weighted by atomic mass is 16.4. The van der Waals surface area contributed by atoms with Gasteiger partial charge in [0.1, 0.15) is 0 Å². The van der Waals surface area contributed by atoms with Crippen molar-refractivity contribution < 1.29 is 14.7 Å². The van der Waals surface area contributed by atoms with Crippen molar-refractivity contribution in [2.75, 3.05) is 32.7 Å². The minimum Gasteiger partial charge on any atom is -0.481 e. The summed E-state index contributed by atoms with van der Waals surface area (Å²) in [6.45, 7) is 5.61. The summed E-state index contributed by atoms with van der Waals surface area (Å²) in [5.41, 5.74) is 0. The van der Waals surface area contributed by atoms with Gasteiger partial charge in [0.2, 0.25) is 5.91 Å². The molecule has 1 N–H and O–H groups in total. The first-order valence-electron chi connectivity index (χ1n) is 8.32. The third-order valence-corrected chi connectivity index (χ3v) is 4.81. The van der Waals surface area contributed by atoms with Crippen molar-refractivity contribution in [3.05, 3.63) is 0 Å². The molecule has 0 radical (unpaired) electrons. The number of carbonyl (C=O) groups excluding carboxylic acids is 1. The maximum atomic E-state index is 12.6. The smallest absolute Gasteiger partial charge is 0.307 e. The van der Waals surface area contributed by atoms with Crippen LogP contribution in [-0.4, -0.2) is 59.5 Å². The van der Waals surface area contributed by atoms with E-state index in [-0.39, 0.29) is 11.8 Å². The lowest BCUT2D eigenvalue weighted by Crippen LogP contribution is -2.40. The fraction of sp³-hybridized carbons (Fsp3) is 0.875. The molecule has 1 amide bonds. The lowest BCUT2D eigenvalue weighted by Gasteiger charge is -2.28. The molecule has 0 aromatic carbocycles. The van der Waals surface area contributed by atoms with E-state index in [1.807, 2.05) is 4.90 Å². The zero-order valence-corrected chi connectivity index (χ0v) is 13.1. The van der Waals surface area contributed by atoms with Crippen molar-refractivity contribution >= 4 is 11.9 Å². The van der Waals surface area contributed by atoms with Gasteiger partial charge >= 0.3 is 5.97 Å². The van der Waals surface area contributed by atoms with E-state index in [2.05, 4.69) is 4.90 Å². The highest BCUT2D eigenvalue weighted by Gasteiger charge is 2.27. The summed E-state index contributed by atoms with van der Waals surface area (Å²) in [5, 5.41) is 9.00. The molecule has 1 unspecified atom stereocenters. The van der Waals surface area contributed by atoms with E-state index in [9.17, 15) is 9.59 Å². The largest absolute Gasteiger partial charge is 0.481 e. The Morgan fingerprint density at radius 1 is 1.05 bits per heavy atom. The number of amides is 1. The monoisotopic (exact) mass is 296 g/mol. The predicted octanol–water partition coefficient (Wildman–Crippen LogP) is 1.82. The first kappa shape index (κ1) is 16.3. The molecule has 21 heavy (non-hydrogen) atoms. The second-order valence-electron chi connectivity index (χ2n) is 6.55. The molecule has 0 aromatic heterocycles. The second kappa shape index (κ2) is 7.78. The molecular weight excluding hydrogens is 268 g/mol. The maximum absolute atomic E-state index is 12.6. The minimum atomic E-state index is -0.741. The SMILES string of the molecule is CC(CN1CCCN(C(=O)C2CCCCC2)CC1)C(=O)O. The van der Waals surface area contributed by atoms with Crippen LogP contribution in [0.15, 0.2) is 0 Å². The van der Waals surface area contributed by atoms with Gasteiger partial charge in [-0.2, -0.15) is 0 Å². The van der Waals surface area contributed by atoms with Crippen LogP contribution in [0.25, 0.3) is 0 Å². The lowest BCUT2D eigenvalue weighted by atomic mass is 9.88. The van der Waals surface area contributed by atoms with Gasteiger partial charge in [-0.25, -0.2) is 0 Å². The average molecular weight is 296 g/mol. The number of nitrogens with zero attached hydrogens (tertiary/aromatic N) is 2. The molecular formula is C16H28N2O3. The van der Waals surface area contributed by atoms with E-state index in [1.54, 1.807) is 6.92 Å². The average Bonchev–Trinajstić information content (AvgIpc) is 2.73. The Labute approximate surface area is 127 Å². The van der Waals surface area contributed by atoms with Crippen LogP contribution in [0.5, 0.6) is 0 Å². The fourth-order valence-corrected chi connectivity index (χ4v) is 3.45. The highest BCUT2D eigenvalue weighted by Crippen LogP contribution is 2.25. The van der Waals surface area contributed by atoms with Gasteiger partial charge in [-0.1, -0.05) is 26.2 Å². The van der Waals surface area contributed by atoms with Crippen molar-refractivity contribution in [2.45, 2.75) is 45.4 Å². The van der Waals surface area contributed by atoms with Crippen LogP contribution >= 0.6 is 0 Å². The number of hydrogen-bond donors (Lipinski definition) is 1. The molecule has 5 nitrogen and oxygen atoms in total. The number of rotatable bonds is 4. The molecule has 0 bridgehead atoms. The molecule has 0 spiro atoms. The molecule has 1 saturated carbocycles. The standard InChI is InChI=1S/C16H28N2O3/c1-13(16(20)21)12-17-8-5-9-18(11-10-17)15(19)14-6-3-2-4-7-14/h13-14H,2-12H2,1H3,(H,20,21). The third kappa shape index (κ3) is 4.70. The first-order chi connectivity index (χ1) is 10.1. The summed E-state index contributed by atoms with van der Waals surface area (Å²) in [6, 6.07) is 0. The zero-order chi connectivity index (χ0) is 15.2. The van der Waals surface area contributed by atoms with Crippen LogP contribution in [0.4, 0.5) is 0 Å². The Balaban J connectivity index is 1.82. The van der Waals surface area contributed by atoms with Gasteiger partial charge in [-0.05, 0) is 25.8 Å². The van der Waals surface area contributed by atoms with Crippen molar-refractivity contribution in [1.29, 1.82) is 0 Å². The normalized spacial score (nSPS) is 23.6. The Hall–Kier alpha value is -1.10. The van der Waals surface area contributed by atoms with Gasteiger partial charge in [0.15, 0.2) is 0 Å². The van der Waals surface area contributed by atoms with Gasteiger partial charge in [-0.3, -0.25) is 9.59 Å². The Morgan fingerprint density at radius 2 is 1.76 bits per heavy atom. The van der Waals surface area contributed by atoms with E-state index in [0.717, 1.165) is 45.4 Å². The van der Waals surface area contributed by atoms with Crippen LogP contribution in [0.2, 0.25) is 0 Å². The van der Waals surface area contributed by atoms with Crippen LogP contribution in [0.3, 0.4) is 0 Å². The van der Waals surface area contributed by atoms with Crippen LogP contribution in [0.1, 0.15) is 45.4 Å². The van der Waals surface area contributed by atoms with E-state index >= 15 is 0 Å². The molecule has 1 aliphatic carbocycles. The molecule has 1 aliphatic heterocycles. The van der Waals surface area contributed by atoms with Gasteiger partial charge < -0.3 is 14.9 Å². The van der Waals surface area contributed by atoms with Crippen molar-refractivity contribution in [1.82, 2.24) is 9.80 Å². The van der Waals surface area contributed by atoms with Gasteiger partial charge in [0.25, 0.3) is 0 Å². The van der Waals surface area contributed by atoms with E-state index in [4.69, 9.17) is 5.11 Å². The van der Waals surface area contributed by atoms with E-state index in [1.165, 1.54) is 19.3 Å². The Bertz CT molecular complexity index is 367. The first-order valence-corrected chi connectivity index (χ1v) is 8.32. The number of carboxylic acid groups (broad SMARTS) is 1. The maximum Gasteiger partial charge on any atom is 0.307 e. The summed E-state index contributed by atoms with van der Waals surface area (Å²) in [6.07, 6.45) is 6.69. The fourth-order valence-electron chi connectivity index (χ4n) is 3.45. The molecule has 1 heterocycles. The number of carboxylic acids is 1. The zero-order valence-electron chi connectivity index (χ0n) is 13.1. The quantitative estimate of drug-likeness (QED) is 0.859. The Kier molecular flexibility index (Phi) is 6.03. The van der Waals surface area contributed by atoms with Crippen molar-refractivity contribution in [3.8, 4) is 0 Å². The van der Waals surface area contributed by atoms with Gasteiger partial charge in [0.05, 0.1) is 5.92 Å². The molecule has 0 aromatic rings. The molecule has 5 heteroatoms. The summed E-state index contributed by atoms with van der Waals surface area (Å²) in [7, 11) is 0. The van der Waals surface area contributed by atoms with Crippen LogP contribution < -0.4 is 0 Å². The summed E-state index contributed by atoms with van der Waals surface area (Å²) in [5.74, 6) is -0.508. The van der Waals surface area contributed by atoms with Crippen molar-refractivity contribution in [3.63, 3.8) is 0 Å². The number of aliphatic carboxylic acids is 1. The molecule has 2 aliphatic rings. The molecule has 1 saturated heterocycles. The number of hydrogen-bond acceptors (Lipinski definition) is 3. The summed E-state index contributed by atoms with van der Waals surface area (Å²) < 4.78 is 0. The Morgan fingerprint density at radius 3 is 2.43 bits per heavy atom. The molecule has 2 rings (SSSR count). The van der Waals surface area contributed by atoms with E-state index in [0.29, 0.717) is 12.5 Å². The third-order valence-electron chi connectivity index (χ3n) is 4.81. The van der Waals surface area contributed by atoms with Gasteiger partial charge in [-0.15, -0.1) is 0 Å².